The molecule has 0 bridgehead atoms. The van der Waals surface area contributed by atoms with Crippen LogP contribution < -0.4 is 5.32 Å². The fourth-order valence-corrected chi connectivity index (χ4v) is 3.18. The van der Waals surface area contributed by atoms with Crippen LogP contribution in [-0.4, -0.2) is 41.3 Å². The van der Waals surface area contributed by atoms with Crippen molar-refractivity contribution in [2.45, 2.75) is 53.1 Å². The van der Waals surface area contributed by atoms with E-state index < -0.39 is 0 Å². The van der Waals surface area contributed by atoms with Crippen LogP contribution in [0, 0.1) is 19.3 Å². The Balaban J connectivity index is 1.93. The molecule has 1 aliphatic heterocycles. The van der Waals surface area contributed by atoms with Crippen molar-refractivity contribution in [3.63, 3.8) is 0 Å². The number of aliphatic hydroxyl groups excluding tert-OH is 1. The van der Waals surface area contributed by atoms with Crippen LogP contribution in [0.1, 0.15) is 43.1 Å². The highest BCUT2D eigenvalue weighted by Gasteiger charge is 2.34. The van der Waals surface area contributed by atoms with Gasteiger partial charge in [-0.25, -0.2) is 0 Å². The van der Waals surface area contributed by atoms with E-state index in [-0.39, 0.29) is 12.0 Å². The van der Waals surface area contributed by atoms with Crippen molar-refractivity contribution in [2.24, 2.45) is 5.41 Å². The predicted octanol–water partition coefficient (Wildman–Crippen LogP) is 1.79. The molecule has 1 saturated heterocycles. The van der Waals surface area contributed by atoms with Gasteiger partial charge in [-0.1, -0.05) is 6.92 Å². The lowest BCUT2D eigenvalue weighted by atomic mass is 9.84. The Labute approximate surface area is 127 Å². The van der Waals surface area contributed by atoms with Crippen LogP contribution in [0.3, 0.4) is 0 Å². The predicted molar refractivity (Wildman–Crippen MR) is 83.3 cm³/mol. The van der Waals surface area contributed by atoms with Gasteiger partial charge in [-0.3, -0.25) is 4.68 Å². The van der Waals surface area contributed by atoms with E-state index in [0.29, 0.717) is 0 Å². The van der Waals surface area contributed by atoms with Gasteiger partial charge in [-0.2, -0.15) is 5.10 Å². The second-order valence-corrected chi connectivity index (χ2v) is 6.25. The van der Waals surface area contributed by atoms with Crippen molar-refractivity contribution < 1.29 is 9.84 Å². The van der Waals surface area contributed by atoms with E-state index in [4.69, 9.17) is 4.74 Å². The average Bonchev–Trinajstić information content (AvgIpc) is 3.00. The van der Waals surface area contributed by atoms with Gasteiger partial charge >= 0.3 is 0 Å². The molecule has 1 aromatic heterocycles. The molecule has 2 rings (SSSR count). The van der Waals surface area contributed by atoms with Gasteiger partial charge in [0.2, 0.25) is 0 Å². The van der Waals surface area contributed by atoms with Gasteiger partial charge in [0.05, 0.1) is 12.3 Å². The van der Waals surface area contributed by atoms with Crippen LogP contribution in [0.4, 0.5) is 0 Å². The van der Waals surface area contributed by atoms with E-state index in [1.807, 2.05) is 0 Å². The van der Waals surface area contributed by atoms with Crippen LogP contribution >= 0.6 is 0 Å². The summed E-state index contributed by atoms with van der Waals surface area (Å²) in [5, 5.41) is 17.4. The number of hydrogen-bond donors (Lipinski definition) is 2. The molecule has 0 spiro atoms. The van der Waals surface area contributed by atoms with Crippen molar-refractivity contribution in [3.05, 3.63) is 17.0 Å². The Morgan fingerprint density at radius 3 is 2.86 bits per heavy atom. The summed E-state index contributed by atoms with van der Waals surface area (Å²) in [6.07, 6.45) is 2.95. The normalized spacial score (nSPS) is 22.1. The largest absolute Gasteiger partial charge is 0.396 e. The van der Waals surface area contributed by atoms with Crippen molar-refractivity contribution in [1.82, 2.24) is 15.1 Å². The number of nitrogens with one attached hydrogen (secondary N) is 1. The summed E-state index contributed by atoms with van der Waals surface area (Å²) in [5.41, 5.74) is 3.80. The first-order chi connectivity index (χ1) is 10.1. The van der Waals surface area contributed by atoms with Crippen molar-refractivity contribution in [1.29, 1.82) is 0 Å². The molecule has 0 aromatic carbocycles. The maximum absolute atomic E-state index is 9.26. The third kappa shape index (κ3) is 3.84. The molecule has 1 aromatic rings. The first-order valence-corrected chi connectivity index (χ1v) is 8.04. The first-order valence-electron chi connectivity index (χ1n) is 8.04. The van der Waals surface area contributed by atoms with E-state index in [1.165, 1.54) is 11.3 Å². The minimum atomic E-state index is 0.107. The number of hydrogen-bond acceptors (Lipinski definition) is 4. The van der Waals surface area contributed by atoms with E-state index >= 15 is 0 Å². The minimum absolute atomic E-state index is 0.107. The zero-order valence-corrected chi connectivity index (χ0v) is 13.6. The van der Waals surface area contributed by atoms with Gasteiger partial charge in [0.15, 0.2) is 0 Å². The molecule has 1 aliphatic rings. The molecular weight excluding hydrogens is 266 g/mol. The third-order valence-electron chi connectivity index (χ3n) is 4.60. The summed E-state index contributed by atoms with van der Waals surface area (Å²) >= 11 is 0. The lowest BCUT2D eigenvalue weighted by Gasteiger charge is -2.26. The van der Waals surface area contributed by atoms with E-state index in [0.717, 1.165) is 57.8 Å². The molecule has 5 nitrogen and oxygen atoms in total. The Kier molecular flexibility index (Phi) is 5.79. The highest BCUT2D eigenvalue weighted by Crippen LogP contribution is 2.31. The fraction of sp³-hybridized carbons (Fsp3) is 0.812. The molecule has 21 heavy (non-hydrogen) atoms. The average molecular weight is 295 g/mol. The second kappa shape index (κ2) is 7.38. The standard InChI is InChI=1S/C16H29N3O2/c1-4-7-19-14(3)15(13(2)18-19)10-17-11-16(5-8-20)6-9-21-12-16/h17,20H,4-12H2,1-3H3. The maximum Gasteiger partial charge on any atom is 0.0641 e. The Hall–Kier alpha value is -0.910. The minimum Gasteiger partial charge on any atom is -0.396 e. The van der Waals surface area contributed by atoms with Gasteiger partial charge in [0.1, 0.15) is 0 Å². The molecular formula is C16H29N3O2. The Bertz CT molecular complexity index is 451. The van der Waals surface area contributed by atoms with Crippen molar-refractivity contribution in [2.75, 3.05) is 26.4 Å². The fourth-order valence-electron chi connectivity index (χ4n) is 3.18. The summed E-state index contributed by atoms with van der Waals surface area (Å²) < 4.78 is 7.64. The molecule has 1 unspecified atom stereocenters. The Morgan fingerprint density at radius 1 is 1.43 bits per heavy atom. The second-order valence-electron chi connectivity index (χ2n) is 6.25. The highest BCUT2D eigenvalue weighted by atomic mass is 16.5. The van der Waals surface area contributed by atoms with Gasteiger partial charge in [0, 0.05) is 49.5 Å². The topological polar surface area (TPSA) is 59.3 Å². The van der Waals surface area contributed by atoms with Gasteiger partial charge in [0.25, 0.3) is 0 Å². The zero-order valence-electron chi connectivity index (χ0n) is 13.6. The molecule has 0 amide bonds. The quantitative estimate of drug-likeness (QED) is 0.767. The summed E-state index contributed by atoms with van der Waals surface area (Å²) in [5.74, 6) is 0. The van der Waals surface area contributed by atoms with Crippen LogP contribution in [0.25, 0.3) is 0 Å². The number of nitrogens with zero attached hydrogens (tertiary/aromatic N) is 2. The maximum atomic E-state index is 9.26. The molecule has 1 fully saturated rings. The zero-order chi connectivity index (χ0) is 15.3. The molecule has 2 N–H and O–H groups in total. The van der Waals surface area contributed by atoms with E-state index in [2.05, 4.69) is 35.9 Å². The summed E-state index contributed by atoms with van der Waals surface area (Å²) in [4.78, 5) is 0. The molecule has 0 saturated carbocycles. The lowest BCUT2D eigenvalue weighted by molar-refractivity contribution is 0.124. The summed E-state index contributed by atoms with van der Waals surface area (Å²) in [6, 6.07) is 0. The van der Waals surface area contributed by atoms with Crippen molar-refractivity contribution >= 4 is 0 Å². The van der Waals surface area contributed by atoms with Crippen molar-refractivity contribution in [3.8, 4) is 0 Å². The highest BCUT2D eigenvalue weighted by molar-refractivity contribution is 5.24. The monoisotopic (exact) mass is 295 g/mol. The van der Waals surface area contributed by atoms with Crippen LogP contribution in [0.15, 0.2) is 0 Å². The number of aryl methyl sites for hydroxylation is 2. The van der Waals surface area contributed by atoms with Gasteiger partial charge in [-0.05, 0) is 33.1 Å². The van der Waals surface area contributed by atoms with Gasteiger partial charge in [-0.15, -0.1) is 0 Å². The van der Waals surface area contributed by atoms with Crippen LogP contribution in [0.2, 0.25) is 0 Å². The molecule has 120 valence electrons. The number of rotatable bonds is 8. The summed E-state index contributed by atoms with van der Waals surface area (Å²) in [6.45, 7) is 10.9. The smallest absolute Gasteiger partial charge is 0.0641 e. The first kappa shape index (κ1) is 16.5. The van der Waals surface area contributed by atoms with Gasteiger partial charge < -0.3 is 15.2 Å². The SMILES string of the molecule is CCCn1nc(C)c(CNCC2(CCO)CCOC2)c1C. The summed E-state index contributed by atoms with van der Waals surface area (Å²) in [7, 11) is 0. The molecule has 2 heterocycles. The van der Waals surface area contributed by atoms with Crippen LogP contribution in [-0.2, 0) is 17.8 Å². The molecule has 0 aliphatic carbocycles. The van der Waals surface area contributed by atoms with E-state index in [9.17, 15) is 5.11 Å². The lowest BCUT2D eigenvalue weighted by Crippen LogP contribution is -2.35. The Morgan fingerprint density at radius 2 is 2.24 bits per heavy atom. The molecule has 0 radical (unpaired) electrons. The van der Waals surface area contributed by atoms with Crippen LogP contribution in [0.5, 0.6) is 0 Å². The molecule has 5 heteroatoms. The number of ether oxygens (including phenoxy) is 1. The number of aromatic nitrogens is 2. The molecule has 1 atom stereocenters. The number of aliphatic hydroxyl groups is 1. The third-order valence-corrected chi connectivity index (χ3v) is 4.60. The van der Waals surface area contributed by atoms with E-state index in [1.54, 1.807) is 0 Å².